The maximum absolute atomic E-state index is 13.5. The Balaban J connectivity index is 1.67. The summed E-state index contributed by atoms with van der Waals surface area (Å²) in [6.07, 6.45) is 0. The van der Waals surface area contributed by atoms with Gasteiger partial charge in [-0.25, -0.2) is 4.98 Å². The van der Waals surface area contributed by atoms with Crippen molar-refractivity contribution in [3.8, 4) is 5.75 Å². The Labute approximate surface area is 179 Å². The summed E-state index contributed by atoms with van der Waals surface area (Å²) >= 11 is 0. The van der Waals surface area contributed by atoms with Crippen molar-refractivity contribution in [1.29, 1.82) is 0 Å². The molecule has 2 heterocycles. The Morgan fingerprint density at radius 2 is 1.71 bits per heavy atom. The monoisotopic (exact) mass is 410 g/mol. The lowest BCUT2D eigenvalue weighted by molar-refractivity contribution is -0.113. The van der Waals surface area contributed by atoms with Gasteiger partial charge in [-0.05, 0) is 44.2 Å². The molecular formula is C25H22N4O2. The topological polar surface area (TPSA) is 79.2 Å². The van der Waals surface area contributed by atoms with Gasteiger partial charge in [0.2, 0.25) is 5.95 Å². The Morgan fingerprint density at radius 1 is 1.00 bits per heavy atom. The number of aromatic nitrogens is 2. The molecule has 1 aromatic heterocycles. The number of benzene rings is 3. The molecule has 0 spiro atoms. The van der Waals surface area contributed by atoms with Gasteiger partial charge < -0.3 is 15.7 Å². The van der Waals surface area contributed by atoms with E-state index >= 15 is 0 Å². The van der Waals surface area contributed by atoms with Crippen LogP contribution in [0.15, 0.2) is 84.1 Å². The lowest BCUT2D eigenvalue weighted by atomic mass is 9.93. The molecule has 1 unspecified atom stereocenters. The van der Waals surface area contributed by atoms with E-state index in [4.69, 9.17) is 4.98 Å². The average molecular weight is 410 g/mol. The van der Waals surface area contributed by atoms with E-state index in [2.05, 4.69) is 10.6 Å². The minimum atomic E-state index is -0.532. The molecule has 0 bridgehead atoms. The number of amides is 1. The SMILES string of the molecule is CC1=C(C(=O)Nc2ccc(C)cc2)C(c2ccccc2O)n2c(nc3ccccc32)N1. The number of hydrogen-bond donors (Lipinski definition) is 3. The number of carbonyl (C=O) groups is 1. The molecule has 0 fully saturated rings. The van der Waals surface area contributed by atoms with Gasteiger partial charge in [-0.2, -0.15) is 0 Å². The molecule has 0 radical (unpaired) electrons. The minimum Gasteiger partial charge on any atom is -0.508 e. The second kappa shape index (κ2) is 7.32. The van der Waals surface area contributed by atoms with Crippen molar-refractivity contribution in [2.24, 2.45) is 0 Å². The molecule has 1 amide bonds. The summed E-state index contributed by atoms with van der Waals surface area (Å²) in [6.45, 7) is 3.86. The van der Waals surface area contributed by atoms with Crippen molar-refractivity contribution in [2.75, 3.05) is 10.6 Å². The zero-order valence-electron chi connectivity index (χ0n) is 17.3. The third-order valence-corrected chi connectivity index (χ3v) is 5.62. The van der Waals surface area contributed by atoms with Crippen molar-refractivity contribution in [3.63, 3.8) is 0 Å². The molecule has 0 aliphatic carbocycles. The fourth-order valence-electron chi connectivity index (χ4n) is 4.11. The van der Waals surface area contributed by atoms with Crippen molar-refractivity contribution in [2.45, 2.75) is 19.9 Å². The van der Waals surface area contributed by atoms with E-state index in [1.165, 1.54) is 0 Å². The zero-order chi connectivity index (χ0) is 21.5. The third-order valence-electron chi connectivity index (χ3n) is 5.62. The van der Waals surface area contributed by atoms with E-state index in [9.17, 15) is 9.90 Å². The maximum atomic E-state index is 13.5. The number of carbonyl (C=O) groups excluding carboxylic acids is 1. The summed E-state index contributed by atoms with van der Waals surface area (Å²) in [5, 5.41) is 17.0. The highest BCUT2D eigenvalue weighted by Gasteiger charge is 2.35. The van der Waals surface area contributed by atoms with Gasteiger partial charge in [0.1, 0.15) is 5.75 Å². The third kappa shape index (κ3) is 3.22. The molecule has 4 aromatic rings. The number of allylic oxidation sites excluding steroid dienone is 1. The Bertz CT molecular complexity index is 1340. The number of aryl methyl sites for hydroxylation is 1. The summed E-state index contributed by atoms with van der Waals surface area (Å²) in [5.74, 6) is 0.538. The number of phenols is 1. The van der Waals surface area contributed by atoms with E-state index in [1.54, 1.807) is 12.1 Å². The fourth-order valence-corrected chi connectivity index (χ4v) is 4.11. The number of nitrogens with zero attached hydrogens (tertiary/aromatic N) is 2. The van der Waals surface area contributed by atoms with Crippen LogP contribution < -0.4 is 10.6 Å². The van der Waals surface area contributed by atoms with Crippen molar-refractivity contribution in [3.05, 3.63) is 95.2 Å². The van der Waals surface area contributed by atoms with Crippen LogP contribution in [0.3, 0.4) is 0 Å². The second-order valence-electron chi connectivity index (χ2n) is 7.74. The molecule has 6 nitrogen and oxygen atoms in total. The van der Waals surface area contributed by atoms with Crippen LogP contribution in [0.5, 0.6) is 5.75 Å². The van der Waals surface area contributed by atoms with Gasteiger partial charge in [-0.1, -0.05) is 48.0 Å². The molecule has 0 saturated heterocycles. The summed E-state index contributed by atoms with van der Waals surface area (Å²) in [5.41, 5.74) is 5.40. The van der Waals surface area contributed by atoms with E-state index < -0.39 is 6.04 Å². The van der Waals surface area contributed by atoms with E-state index in [1.807, 2.05) is 79.1 Å². The van der Waals surface area contributed by atoms with Crippen molar-refractivity contribution >= 4 is 28.6 Å². The molecular weight excluding hydrogens is 388 g/mol. The number of rotatable bonds is 3. The van der Waals surface area contributed by atoms with Gasteiger partial charge in [0.05, 0.1) is 22.6 Å². The Morgan fingerprint density at radius 3 is 2.48 bits per heavy atom. The lowest BCUT2D eigenvalue weighted by Gasteiger charge is -2.31. The number of anilines is 2. The largest absolute Gasteiger partial charge is 0.508 e. The quantitative estimate of drug-likeness (QED) is 0.445. The molecule has 1 atom stereocenters. The predicted molar refractivity (Wildman–Crippen MR) is 122 cm³/mol. The normalized spacial score (nSPS) is 15.5. The predicted octanol–water partition coefficient (Wildman–Crippen LogP) is 4.98. The second-order valence-corrected chi connectivity index (χ2v) is 7.74. The first-order valence-electron chi connectivity index (χ1n) is 10.1. The molecule has 3 N–H and O–H groups in total. The van der Waals surface area contributed by atoms with Gasteiger partial charge in [0.15, 0.2) is 0 Å². The van der Waals surface area contributed by atoms with Gasteiger partial charge >= 0.3 is 0 Å². The van der Waals surface area contributed by atoms with Crippen LogP contribution in [0.4, 0.5) is 11.6 Å². The lowest BCUT2D eigenvalue weighted by Crippen LogP contribution is -2.31. The number of nitrogens with one attached hydrogen (secondary N) is 2. The van der Waals surface area contributed by atoms with Crippen LogP contribution in [0, 0.1) is 6.92 Å². The van der Waals surface area contributed by atoms with E-state index in [-0.39, 0.29) is 11.7 Å². The highest BCUT2D eigenvalue weighted by molar-refractivity contribution is 6.06. The maximum Gasteiger partial charge on any atom is 0.255 e. The highest BCUT2D eigenvalue weighted by Crippen LogP contribution is 2.42. The molecule has 1 aliphatic heterocycles. The summed E-state index contributed by atoms with van der Waals surface area (Å²) in [6, 6.07) is 22.0. The molecule has 5 rings (SSSR count). The fraction of sp³-hybridized carbons (Fsp3) is 0.120. The minimum absolute atomic E-state index is 0.131. The summed E-state index contributed by atoms with van der Waals surface area (Å²) in [4.78, 5) is 18.2. The number of hydrogen-bond acceptors (Lipinski definition) is 4. The summed E-state index contributed by atoms with van der Waals surface area (Å²) < 4.78 is 1.97. The smallest absolute Gasteiger partial charge is 0.255 e. The molecule has 31 heavy (non-hydrogen) atoms. The number of fused-ring (bicyclic) bond motifs is 3. The van der Waals surface area contributed by atoms with Crippen LogP contribution in [0.2, 0.25) is 0 Å². The molecule has 6 heteroatoms. The highest BCUT2D eigenvalue weighted by atomic mass is 16.3. The van der Waals surface area contributed by atoms with Crippen LogP contribution >= 0.6 is 0 Å². The van der Waals surface area contributed by atoms with Crippen molar-refractivity contribution in [1.82, 2.24) is 9.55 Å². The number of phenolic OH excluding ortho intramolecular Hbond substituents is 1. The van der Waals surface area contributed by atoms with Crippen LogP contribution in [0.1, 0.15) is 24.1 Å². The van der Waals surface area contributed by atoms with Crippen LogP contribution in [0.25, 0.3) is 11.0 Å². The van der Waals surface area contributed by atoms with Gasteiger partial charge in [-0.15, -0.1) is 0 Å². The zero-order valence-corrected chi connectivity index (χ0v) is 17.3. The van der Waals surface area contributed by atoms with Crippen molar-refractivity contribution < 1.29 is 9.90 Å². The number of aromatic hydroxyl groups is 1. The molecule has 1 aliphatic rings. The van der Waals surface area contributed by atoms with E-state index in [0.717, 1.165) is 16.6 Å². The molecule has 0 saturated carbocycles. The number of imidazole rings is 1. The average Bonchev–Trinajstić information content (AvgIpc) is 3.12. The Hall–Kier alpha value is -4.06. The molecule has 154 valence electrons. The van der Waals surface area contributed by atoms with Crippen LogP contribution in [-0.4, -0.2) is 20.6 Å². The first kappa shape index (κ1) is 18.9. The summed E-state index contributed by atoms with van der Waals surface area (Å²) in [7, 11) is 0. The van der Waals surface area contributed by atoms with E-state index in [0.29, 0.717) is 28.5 Å². The van der Waals surface area contributed by atoms with Gasteiger partial charge in [0.25, 0.3) is 5.91 Å². The van der Waals surface area contributed by atoms with Gasteiger partial charge in [-0.3, -0.25) is 9.36 Å². The van der Waals surface area contributed by atoms with Crippen LogP contribution in [-0.2, 0) is 4.79 Å². The molecule has 3 aromatic carbocycles. The van der Waals surface area contributed by atoms with Gasteiger partial charge in [0, 0.05) is 16.9 Å². The first-order chi connectivity index (χ1) is 15.0. The standard InChI is InChI=1S/C25H22N4O2/c1-15-11-13-17(14-12-15)27-24(31)22-16(2)26-25-28-19-8-4-5-9-20(19)29(25)23(22)18-7-3-6-10-21(18)30/h3-14,23,30H,1-2H3,(H,26,28)(H,27,31). The number of para-hydroxylation sites is 3. The Kier molecular flexibility index (Phi) is 4.47. The first-order valence-corrected chi connectivity index (χ1v) is 10.1.